The molecule has 0 amide bonds. The van der Waals surface area contributed by atoms with Crippen molar-refractivity contribution >= 4 is 0 Å². The Bertz CT molecular complexity index is 4.35. The van der Waals surface area contributed by atoms with Crippen molar-refractivity contribution in [2.24, 2.45) is 0 Å². The van der Waals surface area contributed by atoms with E-state index in [2.05, 4.69) is 0 Å². The van der Waals surface area contributed by atoms with Crippen LogP contribution < -0.4 is 0 Å². The summed E-state index contributed by atoms with van der Waals surface area (Å²) in [4.78, 5) is 0. The molecule has 1 radical (unpaired) electrons. The van der Waals surface area contributed by atoms with Crippen LogP contribution in [0.2, 0.25) is 0 Å². The van der Waals surface area contributed by atoms with Crippen LogP contribution in [-0.2, 0) is 18.6 Å². The number of hydrogen-bond donors (Lipinski definition) is 0. The third-order valence-electron chi connectivity index (χ3n) is 0. The maximum Gasteiger partial charge on any atom is 0 e. The summed E-state index contributed by atoms with van der Waals surface area (Å²) in [5.74, 6) is 0. The van der Waals surface area contributed by atoms with Gasteiger partial charge < -0.3 is 0 Å². The Kier molecular flexibility index (Phi) is 174000. The third-order valence-corrected chi connectivity index (χ3v) is 0. The number of hydrogen-bond acceptors (Lipinski definition) is 0. The van der Waals surface area contributed by atoms with Crippen LogP contribution in [0.15, 0.2) is 0 Å². The van der Waals surface area contributed by atoms with E-state index in [0.717, 1.165) is 0 Å². The molecule has 0 unspecified atom stereocenters. The molecular weight excluding hydrogens is 135 g/mol. The zero-order valence-corrected chi connectivity index (χ0v) is 1.84. The van der Waals surface area contributed by atoms with Crippen LogP contribution in [0.25, 0.3) is 0 Å². The van der Waals surface area contributed by atoms with E-state index >= 15 is 0 Å². The average molecular weight is 163 g/mol. The van der Waals surface area contributed by atoms with Crippen molar-refractivity contribution in [1.82, 2.24) is 0 Å². The fraction of sp³-hybridized carbons (Fsp3) is 1.00. The summed E-state index contributed by atoms with van der Waals surface area (Å²) in [7, 11) is 0. The quantitative estimate of drug-likeness (QED) is 0.495. The maximum atomic E-state index is 0. The van der Waals surface area contributed by atoms with Crippen LogP contribution in [0.3, 0.4) is 0 Å². The Morgan fingerprint density at radius 2 is 0.250 bits per heavy atom. The summed E-state index contributed by atoms with van der Waals surface area (Å²) in [5, 5.41) is 0. The molecule has 0 aromatic rings. The standard InChI is InChI=1S/7CH4.V/h7*1H4;. The van der Waals surface area contributed by atoms with Gasteiger partial charge in [0.05, 0.1) is 0 Å². The van der Waals surface area contributed by atoms with Crippen molar-refractivity contribution in [3.63, 3.8) is 0 Å². The Morgan fingerprint density at radius 3 is 0.250 bits per heavy atom. The van der Waals surface area contributed by atoms with E-state index in [9.17, 15) is 0 Å². The Morgan fingerprint density at radius 1 is 0.250 bits per heavy atom. The van der Waals surface area contributed by atoms with Crippen molar-refractivity contribution in [3.8, 4) is 0 Å². The summed E-state index contributed by atoms with van der Waals surface area (Å²) in [6, 6.07) is 0. The monoisotopic (exact) mass is 163 g/mol. The van der Waals surface area contributed by atoms with Crippen molar-refractivity contribution in [2.75, 3.05) is 0 Å². The van der Waals surface area contributed by atoms with E-state index in [1.807, 2.05) is 0 Å². The van der Waals surface area contributed by atoms with Crippen molar-refractivity contribution in [1.29, 1.82) is 0 Å². The average Bonchev–Trinajstić information content (AvgIpc) is 0. The predicted molar refractivity (Wildman–Crippen MR) is 47.1 cm³/mol. The van der Waals surface area contributed by atoms with Crippen molar-refractivity contribution in [3.05, 3.63) is 0 Å². The first-order valence-corrected chi connectivity index (χ1v) is 0. The molecule has 0 aliphatic carbocycles. The van der Waals surface area contributed by atoms with Crippen LogP contribution >= 0.6 is 0 Å². The molecule has 0 fully saturated rings. The summed E-state index contributed by atoms with van der Waals surface area (Å²) >= 11 is 0. The van der Waals surface area contributed by atoms with Gasteiger partial charge in [0.1, 0.15) is 0 Å². The largest absolute Gasteiger partial charge is 0.0776 e. The van der Waals surface area contributed by atoms with Crippen LogP contribution in [0.1, 0.15) is 52.0 Å². The minimum Gasteiger partial charge on any atom is -0.0776 e. The maximum absolute atomic E-state index is 0. The van der Waals surface area contributed by atoms with E-state index in [0.29, 0.717) is 0 Å². The van der Waals surface area contributed by atoms with Gasteiger partial charge in [-0.05, 0) is 0 Å². The van der Waals surface area contributed by atoms with Gasteiger partial charge in [-0.15, -0.1) is 0 Å². The molecule has 0 spiro atoms. The van der Waals surface area contributed by atoms with E-state index in [1.54, 1.807) is 0 Å². The Balaban J connectivity index is 0. The fourth-order valence-electron chi connectivity index (χ4n) is 0. The third kappa shape index (κ3) is 601. The molecule has 0 aromatic carbocycles. The van der Waals surface area contributed by atoms with Gasteiger partial charge in [-0.1, -0.05) is 52.0 Å². The summed E-state index contributed by atoms with van der Waals surface area (Å²) in [6.45, 7) is 0. The van der Waals surface area contributed by atoms with Gasteiger partial charge in [0.15, 0.2) is 0 Å². The first-order valence-electron chi connectivity index (χ1n) is 0. The van der Waals surface area contributed by atoms with Gasteiger partial charge in [-0.25, -0.2) is 0 Å². The molecule has 0 heterocycles. The van der Waals surface area contributed by atoms with Gasteiger partial charge in [0.25, 0.3) is 0 Å². The van der Waals surface area contributed by atoms with Crippen molar-refractivity contribution in [2.45, 2.75) is 52.0 Å². The first-order chi connectivity index (χ1) is 0. The first kappa shape index (κ1) is 1450. The number of rotatable bonds is 0. The molecule has 61 valence electrons. The summed E-state index contributed by atoms with van der Waals surface area (Å²) in [5.41, 5.74) is 0. The van der Waals surface area contributed by atoms with Crippen LogP contribution in [0.4, 0.5) is 0 Å². The molecule has 0 saturated carbocycles. The minimum absolute atomic E-state index is 0. The molecule has 0 aliphatic rings. The minimum atomic E-state index is 0. The normalized spacial score (nSPS) is 0. The topological polar surface area (TPSA) is 0 Å². The van der Waals surface area contributed by atoms with Gasteiger partial charge >= 0.3 is 0 Å². The van der Waals surface area contributed by atoms with E-state index in [1.165, 1.54) is 0 Å². The van der Waals surface area contributed by atoms with Crippen LogP contribution in [0, 0.1) is 0 Å². The molecule has 8 heavy (non-hydrogen) atoms. The Hall–Kier alpha value is 0.584. The molecule has 1 heteroatoms. The predicted octanol–water partition coefficient (Wildman–Crippen LogP) is 4.45. The molecule has 0 bridgehead atoms. The van der Waals surface area contributed by atoms with Gasteiger partial charge in [-0.2, -0.15) is 0 Å². The van der Waals surface area contributed by atoms with Crippen LogP contribution in [0.5, 0.6) is 0 Å². The second-order valence-electron chi connectivity index (χ2n) is 0. The Labute approximate surface area is 71.0 Å². The molecule has 0 N–H and O–H groups in total. The zero-order valence-electron chi connectivity index (χ0n) is 0.447. The molecule has 0 rings (SSSR count). The second kappa shape index (κ2) is 963. The molecular formula is C7H28V. The van der Waals surface area contributed by atoms with Gasteiger partial charge in [0, 0.05) is 18.6 Å². The second-order valence-corrected chi connectivity index (χ2v) is 0. The fourth-order valence-corrected chi connectivity index (χ4v) is 0. The van der Waals surface area contributed by atoms with Crippen molar-refractivity contribution < 1.29 is 18.6 Å². The molecule has 0 aliphatic heterocycles. The smallest absolute Gasteiger partial charge is 0 e. The summed E-state index contributed by atoms with van der Waals surface area (Å²) < 4.78 is 0. The molecule has 0 aromatic heterocycles. The zero-order chi connectivity index (χ0) is 0. The van der Waals surface area contributed by atoms with Gasteiger partial charge in [-0.3, -0.25) is 0 Å². The summed E-state index contributed by atoms with van der Waals surface area (Å²) in [6.07, 6.45) is 0. The molecule has 0 atom stereocenters. The van der Waals surface area contributed by atoms with E-state index in [-0.39, 0.29) is 70.5 Å². The SMILES string of the molecule is C.C.C.C.C.C.C.[V]. The molecule has 0 nitrogen and oxygen atoms in total. The van der Waals surface area contributed by atoms with Crippen LogP contribution in [-0.4, -0.2) is 0 Å². The van der Waals surface area contributed by atoms with Gasteiger partial charge in [0.2, 0.25) is 0 Å². The van der Waals surface area contributed by atoms with E-state index in [4.69, 9.17) is 0 Å². The molecule has 0 saturated heterocycles. The van der Waals surface area contributed by atoms with E-state index < -0.39 is 0 Å².